The van der Waals surface area contributed by atoms with Gasteiger partial charge in [0, 0.05) is 31.7 Å². The summed E-state index contributed by atoms with van der Waals surface area (Å²) in [5.41, 5.74) is 0. The van der Waals surface area contributed by atoms with Crippen LogP contribution in [0.5, 0.6) is 0 Å². The summed E-state index contributed by atoms with van der Waals surface area (Å²) in [6.45, 7) is 0.682. The van der Waals surface area contributed by atoms with Crippen molar-refractivity contribution in [1.29, 1.82) is 0 Å². The number of nitrogens with zero attached hydrogens (tertiary/aromatic N) is 1. The van der Waals surface area contributed by atoms with E-state index in [2.05, 4.69) is 0 Å². The molecule has 5 nitrogen and oxygen atoms in total. The lowest BCUT2D eigenvalue weighted by atomic mass is 10.2. The normalized spacial score (nSPS) is 11.7. The van der Waals surface area contributed by atoms with Gasteiger partial charge in [-0.25, -0.2) is 8.42 Å². The zero-order chi connectivity index (χ0) is 15.7. The smallest absolute Gasteiger partial charge is 0.247 e. The van der Waals surface area contributed by atoms with Gasteiger partial charge in [-0.2, -0.15) is 0 Å². The average molecular weight is 311 g/mol. The lowest BCUT2D eigenvalue weighted by Crippen LogP contribution is -2.26. The minimum absolute atomic E-state index is 0.146. The molecule has 21 heavy (non-hydrogen) atoms. The lowest BCUT2D eigenvalue weighted by Gasteiger charge is -2.14. The van der Waals surface area contributed by atoms with Crippen molar-refractivity contribution in [2.75, 3.05) is 20.2 Å². The Kier molecular flexibility index (Phi) is 7.11. The Morgan fingerprint density at radius 2 is 1.86 bits per heavy atom. The van der Waals surface area contributed by atoms with Crippen molar-refractivity contribution >= 4 is 15.7 Å². The highest BCUT2D eigenvalue weighted by Gasteiger charge is 2.11. The fraction of sp³-hybridized carbons (Fsp3) is 0.400. The summed E-state index contributed by atoms with van der Waals surface area (Å²) in [5.74, 6) is -0.349. The van der Waals surface area contributed by atoms with E-state index in [1.165, 1.54) is 17.0 Å². The minimum Gasteiger partial charge on any atom is -0.396 e. The Morgan fingerprint density at radius 1 is 1.19 bits per heavy atom. The van der Waals surface area contributed by atoms with E-state index in [1.807, 2.05) is 0 Å². The predicted octanol–water partition coefficient (Wildman–Crippen LogP) is 1.59. The van der Waals surface area contributed by atoms with Gasteiger partial charge in [-0.3, -0.25) is 4.79 Å². The number of sulfone groups is 1. The van der Waals surface area contributed by atoms with Crippen LogP contribution in [0.25, 0.3) is 0 Å². The highest BCUT2D eigenvalue weighted by atomic mass is 32.2. The van der Waals surface area contributed by atoms with Crippen molar-refractivity contribution in [2.45, 2.75) is 24.2 Å². The molecule has 0 aromatic heterocycles. The van der Waals surface area contributed by atoms with Gasteiger partial charge in [-0.15, -0.1) is 0 Å². The first-order valence-corrected chi connectivity index (χ1v) is 8.36. The molecular formula is C15H21NO4S. The van der Waals surface area contributed by atoms with Crippen LogP contribution in [0.1, 0.15) is 19.3 Å². The Hall–Kier alpha value is -1.66. The molecule has 0 saturated heterocycles. The minimum atomic E-state index is -3.58. The monoisotopic (exact) mass is 311 g/mol. The second-order valence-electron chi connectivity index (χ2n) is 4.70. The van der Waals surface area contributed by atoms with Crippen LogP contribution in [-0.2, 0) is 14.6 Å². The van der Waals surface area contributed by atoms with Crippen molar-refractivity contribution in [1.82, 2.24) is 4.90 Å². The van der Waals surface area contributed by atoms with Crippen LogP contribution >= 0.6 is 0 Å². The zero-order valence-electron chi connectivity index (χ0n) is 12.1. The van der Waals surface area contributed by atoms with Crippen LogP contribution in [0.3, 0.4) is 0 Å². The van der Waals surface area contributed by atoms with E-state index in [-0.39, 0.29) is 17.4 Å². The fourth-order valence-electron chi connectivity index (χ4n) is 1.71. The molecule has 0 aliphatic rings. The number of hydrogen-bond acceptors (Lipinski definition) is 4. The maximum Gasteiger partial charge on any atom is 0.247 e. The molecular weight excluding hydrogens is 290 g/mol. The molecule has 0 aliphatic carbocycles. The second kappa shape index (κ2) is 8.59. The third kappa shape index (κ3) is 6.10. The molecule has 0 radical (unpaired) electrons. The molecule has 0 aliphatic heterocycles. The Morgan fingerprint density at radius 3 is 2.48 bits per heavy atom. The van der Waals surface area contributed by atoms with Crippen molar-refractivity contribution in [3.63, 3.8) is 0 Å². The molecule has 0 bridgehead atoms. The van der Waals surface area contributed by atoms with Gasteiger partial charge in [0.25, 0.3) is 0 Å². The number of aliphatic hydroxyl groups excluding tert-OH is 1. The number of unbranched alkanes of at least 4 members (excludes halogenated alkanes) is 2. The van der Waals surface area contributed by atoms with Crippen molar-refractivity contribution < 1.29 is 18.3 Å². The van der Waals surface area contributed by atoms with Crippen LogP contribution in [0.2, 0.25) is 0 Å². The first-order valence-electron chi connectivity index (χ1n) is 6.81. The van der Waals surface area contributed by atoms with E-state index in [0.717, 1.165) is 24.3 Å². The molecule has 1 aromatic carbocycles. The van der Waals surface area contributed by atoms with Crippen LogP contribution < -0.4 is 0 Å². The van der Waals surface area contributed by atoms with E-state index >= 15 is 0 Å². The van der Waals surface area contributed by atoms with Crippen LogP contribution in [0.4, 0.5) is 0 Å². The Labute approximate surface area is 125 Å². The van der Waals surface area contributed by atoms with Crippen LogP contribution in [0.15, 0.2) is 46.7 Å². The third-order valence-electron chi connectivity index (χ3n) is 2.99. The molecule has 1 aromatic rings. The number of aliphatic hydroxyl groups is 1. The largest absolute Gasteiger partial charge is 0.396 e. The highest BCUT2D eigenvalue weighted by Crippen LogP contribution is 2.11. The maximum absolute atomic E-state index is 12.0. The first-order chi connectivity index (χ1) is 9.97. The molecule has 1 rings (SSSR count). The fourth-order valence-corrected chi connectivity index (χ4v) is 2.70. The molecule has 0 saturated carbocycles. The highest BCUT2D eigenvalue weighted by molar-refractivity contribution is 7.94. The van der Waals surface area contributed by atoms with Crippen molar-refractivity contribution in [2.24, 2.45) is 0 Å². The topological polar surface area (TPSA) is 74.7 Å². The molecule has 0 fully saturated rings. The number of benzene rings is 1. The number of carbonyl (C=O) groups excluding carboxylic acids is 1. The summed E-state index contributed by atoms with van der Waals surface area (Å²) in [6.07, 6.45) is 3.40. The van der Waals surface area contributed by atoms with Crippen molar-refractivity contribution in [3.05, 3.63) is 41.8 Å². The third-order valence-corrected chi connectivity index (χ3v) is 4.41. The van der Waals surface area contributed by atoms with Gasteiger partial charge in [0.15, 0.2) is 9.84 Å². The van der Waals surface area contributed by atoms with Gasteiger partial charge in [0.05, 0.1) is 4.90 Å². The molecule has 0 spiro atoms. The predicted molar refractivity (Wildman–Crippen MR) is 81.3 cm³/mol. The lowest BCUT2D eigenvalue weighted by molar-refractivity contribution is -0.124. The zero-order valence-corrected chi connectivity index (χ0v) is 12.9. The Bertz CT molecular complexity index is 567. The number of hydrogen-bond donors (Lipinski definition) is 1. The van der Waals surface area contributed by atoms with Gasteiger partial charge in [0.1, 0.15) is 0 Å². The molecule has 0 unspecified atom stereocenters. The van der Waals surface area contributed by atoms with Gasteiger partial charge < -0.3 is 10.0 Å². The second-order valence-corrected chi connectivity index (χ2v) is 6.54. The van der Waals surface area contributed by atoms with Gasteiger partial charge in [-0.05, 0) is 31.4 Å². The summed E-state index contributed by atoms with van der Waals surface area (Å²) in [5, 5.41) is 9.60. The van der Waals surface area contributed by atoms with E-state index < -0.39 is 9.84 Å². The number of likely N-dealkylation sites (N-methyl/N-ethyl adjacent to an activating group) is 1. The summed E-state index contributed by atoms with van der Waals surface area (Å²) in [7, 11) is -1.95. The summed E-state index contributed by atoms with van der Waals surface area (Å²) >= 11 is 0. The molecule has 0 heterocycles. The van der Waals surface area contributed by atoms with Gasteiger partial charge >= 0.3 is 0 Å². The quantitative estimate of drug-likeness (QED) is 0.584. The molecule has 1 amide bonds. The number of amides is 1. The molecule has 6 heteroatoms. The summed E-state index contributed by atoms with van der Waals surface area (Å²) in [4.78, 5) is 13.4. The van der Waals surface area contributed by atoms with E-state index in [0.29, 0.717) is 13.0 Å². The number of rotatable bonds is 8. The van der Waals surface area contributed by atoms with E-state index in [1.54, 1.807) is 25.2 Å². The van der Waals surface area contributed by atoms with Crippen molar-refractivity contribution in [3.8, 4) is 0 Å². The average Bonchev–Trinajstić information content (AvgIpc) is 2.50. The van der Waals surface area contributed by atoms with Crippen LogP contribution in [-0.4, -0.2) is 44.5 Å². The van der Waals surface area contributed by atoms with Crippen LogP contribution in [0, 0.1) is 0 Å². The van der Waals surface area contributed by atoms with E-state index in [9.17, 15) is 13.2 Å². The summed E-state index contributed by atoms with van der Waals surface area (Å²) < 4.78 is 23.9. The number of carbonyl (C=O) groups is 1. The standard InChI is InChI=1S/C15H21NO4S/c1-16(11-6-3-7-12-17)15(18)10-13-21(19,20)14-8-4-2-5-9-14/h2,4-5,8-10,13,17H,3,6-7,11-12H2,1H3/b13-10+. The molecule has 1 N–H and O–H groups in total. The first kappa shape index (κ1) is 17.4. The summed E-state index contributed by atoms with van der Waals surface area (Å²) in [6, 6.07) is 7.98. The van der Waals surface area contributed by atoms with E-state index in [4.69, 9.17) is 5.11 Å². The Balaban J connectivity index is 2.57. The van der Waals surface area contributed by atoms with Gasteiger partial charge in [-0.1, -0.05) is 18.2 Å². The molecule has 0 atom stereocenters. The SMILES string of the molecule is CN(CCCCCO)C(=O)/C=C/S(=O)(=O)c1ccccc1. The molecule has 116 valence electrons. The van der Waals surface area contributed by atoms with Gasteiger partial charge in [0.2, 0.25) is 5.91 Å². The maximum atomic E-state index is 12.0.